The predicted octanol–water partition coefficient (Wildman–Crippen LogP) is 3.10. The maximum Gasteiger partial charge on any atom is 0.242 e. The Hall–Kier alpha value is -2.33. The second-order valence-corrected chi connectivity index (χ2v) is 7.91. The minimum atomic E-state index is -3.77. The fraction of sp³-hybridized carbons (Fsp3) is 0.176. The molecule has 0 aliphatic heterocycles. The van der Waals surface area contributed by atoms with E-state index in [2.05, 4.69) is 13.5 Å². The highest BCUT2D eigenvalue weighted by Crippen LogP contribution is 2.26. The van der Waals surface area contributed by atoms with Crippen LogP contribution in [0.25, 0.3) is 22.0 Å². The van der Waals surface area contributed by atoms with Gasteiger partial charge in [-0.2, -0.15) is 8.75 Å². The number of nitrogens with one attached hydrogen (secondary N) is 1. The Balaban J connectivity index is 1.59. The zero-order chi connectivity index (χ0) is 18.1. The first kappa shape index (κ1) is 17.1. The summed E-state index contributed by atoms with van der Waals surface area (Å²) < 4.78 is 47.3. The van der Waals surface area contributed by atoms with Crippen LogP contribution in [0.2, 0.25) is 0 Å². The predicted molar refractivity (Wildman–Crippen MR) is 98.6 cm³/mol. The molecule has 0 aliphatic carbocycles. The van der Waals surface area contributed by atoms with Gasteiger partial charge >= 0.3 is 0 Å². The van der Waals surface area contributed by atoms with Crippen molar-refractivity contribution in [3.05, 3.63) is 54.3 Å². The van der Waals surface area contributed by atoms with Crippen molar-refractivity contribution in [2.24, 2.45) is 0 Å². The van der Waals surface area contributed by atoms with Crippen LogP contribution in [0.3, 0.4) is 0 Å². The molecule has 2 aromatic heterocycles. The second kappa shape index (κ2) is 6.76. The number of nitrogens with zero attached hydrogens (tertiary/aromatic N) is 2. The Morgan fingerprint density at radius 1 is 1.19 bits per heavy atom. The third-order valence-corrected chi connectivity index (χ3v) is 6.04. The van der Waals surface area contributed by atoms with Crippen molar-refractivity contribution >= 4 is 43.8 Å². The normalized spacial score (nSPS) is 13.4. The molecule has 2 aromatic carbocycles. The van der Waals surface area contributed by atoms with Crippen molar-refractivity contribution in [2.45, 2.75) is 11.0 Å². The molecule has 0 radical (unpaired) electrons. The van der Waals surface area contributed by atoms with Gasteiger partial charge in [-0.1, -0.05) is 24.3 Å². The molecular formula is C17H15N3O4S2. The van der Waals surface area contributed by atoms with Gasteiger partial charge in [0.2, 0.25) is 10.0 Å². The summed E-state index contributed by atoms with van der Waals surface area (Å²) in [4.78, 5) is 0.100. The minimum absolute atomic E-state index is 0.0343. The molecule has 2 heterocycles. The molecule has 7 nitrogen and oxygen atoms in total. The van der Waals surface area contributed by atoms with E-state index in [-0.39, 0.29) is 11.4 Å². The standard InChI is InChI=1S/C17H15N3O4S2/c1-23-15(14-9-11-5-2-3-7-13(11)24-14)10-18-26(21,22)16-8-4-6-12-17(16)20-25-19-12/h2-9,15,18H,10H2,1H3. The molecule has 0 amide bonds. The molecular weight excluding hydrogens is 374 g/mol. The maximum atomic E-state index is 12.7. The molecule has 134 valence electrons. The molecule has 0 saturated heterocycles. The second-order valence-electron chi connectivity index (χ2n) is 5.65. The molecule has 0 fully saturated rings. The number of sulfonamides is 1. The van der Waals surface area contributed by atoms with Crippen LogP contribution in [-0.4, -0.2) is 30.8 Å². The van der Waals surface area contributed by atoms with E-state index in [0.29, 0.717) is 16.8 Å². The third-order valence-electron chi connectivity index (χ3n) is 4.04. The van der Waals surface area contributed by atoms with E-state index in [1.807, 2.05) is 30.3 Å². The Kier molecular flexibility index (Phi) is 4.45. The lowest BCUT2D eigenvalue weighted by Crippen LogP contribution is -2.29. The summed E-state index contributed by atoms with van der Waals surface area (Å²) in [5.74, 6) is 0.560. The van der Waals surface area contributed by atoms with E-state index in [9.17, 15) is 8.42 Å². The summed E-state index contributed by atoms with van der Waals surface area (Å²) in [6, 6.07) is 14.3. The van der Waals surface area contributed by atoms with Crippen LogP contribution >= 0.6 is 11.7 Å². The number of para-hydroxylation sites is 1. The first-order valence-electron chi connectivity index (χ1n) is 7.81. The maximum absolute atomic E-state index is 12.7. The molecule has 1 atom stereocenters. The van der Waals surface area contributed by atoms with Crippen molar-refractivity contribution in [3.8, 4) is 0 Å². The van der Waals surface area contributed by atoms with Gasteiger partial charge in [0, 0.05) is 19.0 Å². The monoisotopic (exact) mass is 389 g/mol. The van der Waals surface area contributed by atoms with E-state index < -0.39 is 16.1 Å². The number of rotatable bonds is 6. The van der Waals surface area contributed by atoms with E-state index in [0.717, 1.165) is 22.7 Å². The zero-order valence-electron chi connectivity index (χ0n) is 13.7. The lowest BCUT2D eigenvalue weighted by Gasteiger charge is -2.14. The average molecular weight is 389 g/mol. The lowest BCUT2D eigenvalue weighted by atomic mass is 10.2. The topological polar surface area (TPSA) is 94.3 Å². The van der Waals surface area contributed by atoms with Crippen LogP contribution < -0.4 is 4.72 Å². The highest BCUT2D eigenvalue weighted by molar-refractivity contribution is 7.89. The SMILES string of the molecule is COC(CNS(=O)(=O)c1cccc2nsnc12)c1cc2ccccc2o1. The summed E-state index contributed by atoms with van der Waals surface area (Å²) in [5.41, 5.74) is 1.65. The largest absolute Gasteiger partial charge is 0.458 e. The smallest absolute Gasteiger partial charge is 0.242 e. The van der Waals surface area contributed by atoms with Crippen molar-refractivity contribution in [1.29, 1.82) is 0 Å². The quantitative estimate of drug-likeness (QED) is 0.544. The Labute approximate surface area is 154 Å². The highest BCUT2D eigenvalue weighted by atomic mass is 32.2. The third kappa shape index (κ3) is 3.10. The Bertz CT molecular complexity index is 1130. The summed E-state index contributed by atoms with van der Waals surface area (Å²) in [7, 11) is -2.26. The van der Waals surface area contributed by atoms with Gasteiger partial charge in [0.05, 0.1) is 11.7 Å². The van der Waals surface area contributed by atoms with E-state index in [1.165, 1.54) is 13.2 Å². The molecule has 4 aromatic rings. The fourth-order valence-corrected chi connectivity index (χ4v) is 4.52. The van der Waals surface area contributed by atoms with Gasteiger partial charge in [0.15, 0.2) is 0 Å². The van der Waals surface area contributed by atoms with Crippen LogP contribution in [0.15, 0.2) is 57.8 Å². The molecule has 1 N–H and O–H groups in total. The van der Waals surface area contributed by atoms with Gasteiger partial charge in [-0.3, -0.25) is 0 Å². The molecule has 9 heteroatoms. The van der Waals surface area contributed by atoms with Gasteiger partial charge in [0.1, 0.15) is 33.4 Å². The number of ether oxygens (including phenoxy) is 1. The summed E-state index contributed by atoms with van der Waals surface area (Å²) in [6.45, 7) is 0.0343. The van der Waals surface area contributed by atoms with E-state index >= 15 is 0 Å². The molecule has 4 rings (SSSR count). The van der Waals surface area contributed by atoms with E-state index in [1.54, 1.807) is 12.1 Å². The highest BCUT2D eigenvalue weighted by Gasteiger charge is 2.23. The minimum Gasteiger partial charge on any atom is -0.458 e. The van der Waals surface area contributed by atoms with Gasteiger partial charge in [-0.15, -0.1) is 0 Å². The first-order chi connectivity index (χ1) is 12.6. The van der Waals surface area contributed by atoms with Crippen LogP contribution in [-0.2, 0) is 14.8 Å². The summed E-state index contributed by atoms with van der Waals surface area (Å²) >= 11 is 0.979. The van der Waals surface area contributed by atoms with Crippen molar-refractivity contribution in [2.75, 3.05) is 13.7 Å². The van der Waals surface area contributed by atoms with E-state index in [4.69, 9.17) is 9.15 Å². The van der Waals surface area contributed by atoms with Crippen LogP contribution in [0.4, 0.5) is 0 Å². The number of methoxy groups -OCH3 is 1. The van der Waals surface area contributed by atoms with Crippen LogP contribution in [0, 0.1) is 0 Å². The number of hydrogen-bond donors (Lipinski definition) is 1. The zero-order valence-corrected chi connectivity index (χ0v) is 15.4. The molecule has 0 aliphatic rings. The number of hydrogen-bond acceptors (Lipinski definition) is 7. The molecule has 26 heavy (non-hydrogen) atoms. The molecule has 1 unspecified atom stereocenters. The van der Waals surface area contributed by atoms with Crippen LogP contribution in [0.5, 0.6) is 0 Å². The van der Waals surface area contributed by atoms with Crippen molar-refractivity contribution in [3.63, 3.8) is 0 Å². The number of aromatic nitrogens is 2. The van der Waals surface area contributed by atoms with Gasteiger partial charge in [0.25, 0.3) is 0 Å². The fourth-order valence-electron chi connectivity index (χ4n) is 2.72. The number of fused-ring (bicyclic) bond motifs is 2. The van der Waals surface area contributed by atoms with Crippen LogP contribution in [0.1, 0.15) is 11.9 Å². The first-order valence-corrected chi connectivity index (χ1v) is 10.0. The number of furan rings is 1. The average Bonchev–Trinajstić information content (AvgIpc) is 3.28. The van der Waals surface area contributed by atoms with Gasteiger partial charge < -0.3 is 9.15 Å². The Morgan fingerprint density at radius 2 is 2.04 bits per heavy atom. The summed E-state index contributed by atoms with van der Waals surface area (Å²) in [5, 5.41) is 0.936. The van der Waals surface area contributed by atoms with Crippen molar-refractivity contribution in [1.82, 2.24) is 13.5 Å². The molecule has 0 saturated carbocycles. The summed E-state index contributed by atoms with van der Waals surface area (Å²) in [6.07, 6.45) is -0.551. The Morgan fingerprint density at radius 3 is 2.85 bits per heavy atom. The van der Waals surface area contributed by atoms with Gasteiger partial charge in [-0.05, 0) is 24.3 Å². The molecule has 0 bridgehead atoms. The lowest BCUT2D eigenvalue weighted by molar-refractivity contribution is 0.0893. The molecule has 0 spiro atoms. The number of benzene rings is 2. The van der Waals surface area contributed by atoms with Crippen molar-refractivity contribution < 1.29 is 17.6 Å². The van der Waals surface area contributed by atoms with Gasteiger partial charge in [-0.25, -0.2) is 13.1 Å².